The Morgan fingerprint density at radius 3 is 2.50 bits per heavy atom. The second kappa shape index (κ2) is 9.98. The molecule has 1 aliphatic rings. The van der Waals surface area contributed by atoms with Crippen LogP contribution in [0, 0.1) is 0 Å². The lowest BCUT2D eigenvalue weighted by atomic mass is 9.88. The number of ether oxygens (including phenoxy) is 1. The maximum atomic E-state index is 13.2. The Morgan fingerprint density at radius 1 is 1.11 bits per heavy atom. The first-order valence-corrected chi connectivity index (χ1v) is 13.0. The molecule has 4 N–H and O–H groups in total. The van der Waals surface area contributed by atoms with Gasteiger partial charge in [0, 0.05) is 17.4 Å². The summed E-state index contributed by atoms with van der Waals surface area (Å²) in [6.45, 7) is 5.07. The van der Waals surface area contributed by atoms with Gasteiger partial charge in [-0.15, -0.1) is 0 Å². The first-order valence-electron chi connectivity index (χ1n) is 11.5. The number of nitrogens with zero attached hydrogens (tertiary/aromatic N) is 1. The van der Waals surface area contributed by atoms with Gasteiger partial charge in [0.1, 0.15) is 11.7 Å². The van der Waals surface area contributed by atoms with Gasteiger partial charge >= 0.3 is 0 Å². The highest BCUT2D eigenvalue weighted by Crippen LogP contribution is 2.39. The molecule has 0 unspecified atom stereocenters. The Morgan fingerprint density at radius 2 is 1.83 bits per heavy atom. The third kappa shape index (κ3) is 5.26. The van der Waals surface area contributed by atoms with Crippen LogP contribution in [0.4, 0.5) is 5.69 Å². The highest BCUT2D eigenvalue weighted by Gasteiger charge is 2.45. The van der Waals surface area contributed by atoms with E-state index in [0.29, 0.717) is 11.3 Å². The molecule has 4 rings (SSSR count). The number of aliphatic hydroxyl groups excluding tert-OH is 2. The SMILES string of the molecule is CCc1ccc(S(=O)(=O)N[C@@H]2c3cc(C(=O)Nc4cccc(CO)c4)cnc3OC(C)(C)[C@H]2O)cc1. The zero-order valence-electron chi connectivity index (χ0n) is 20.2. The van der Waals surface area contributed by atoms with Gasteiger partial charge in [0.25, 0.3) is 5.91 Å². The van der Waals surface area contributed by atoms with Gasteiger partial charge in [0.2, 0.25) is 15.9 Å². The average molecular weight is 512 g/mol. The Labute approximate surface area is 210 Å². The summed E-state index contributed by atoms with van der Waals surface area (Å²) in [5.41, 5.74) is 1.36. The largest absolute Gasteiger partial charge is 0.469 e. The van der Waals surface area contributed by atoms with Crippen LogP contribution in [0.5, 0.6) is 5.88 Å². The number of nitrogens with one attached hydrogen (secondary N) is 2. The Balaban J connectivity index is 1.67. The third-order valence-corrected chi connectivity index (χ3v) is 7.61. The summed E-state index contributed by atoms with van der Waals surface area (Å²) in [6.07, 6.45) is 0.831. The van der Waals surface area contributed by atoms with Crippen molar-refractivity contribution in [2.75, 3.05) is 5.32 Å². The molecular weight excluding hydrogens is 482 g/mol. The van der Waals surface area contributed by atoms with Gasteiger partial charge in [-0.1, -0.05) is 31.2 Å². The highest BCUT2D eigenvalue weighted by molar-refractivity contribution is 7.89. The average Bonchev–Trinajstić information content (AvgIpc) is 2.86. The molecule has 0 saturated carbocycles. The normalized spacial score (nSPS) is 18.7. The van der Waals surface area contributed by atoms with E-state index >= 15 is 0 Å². The standard InChI is InChI=1S/C26H29N3O6S/c1-4-16-8-10-20(11-9-16)36(33,34)29-22-21-13-18(14-27-25(21)35-26(2,3)23(22)31)24(32)28-19-7-5-6-17(12-19)15-30/h5-14,22-23,29-31H,4,15H2,1-3H3,(H,28,32)/t22-,23+/m1/s1. The van der Waals surface area contributed by atoms with E-state index in [1.54, 1.807) is 50.2 Å². The monoisotopic (exact) mass is 511 g/mol. The molecule has 10 heteroatoms. The fourth-order valence-electron chi connectivity index (χ4n) is 4.00. The summed E-state index contributed by atoms with van der Waals surface area (Å²) < 4.78 is 34.8. The molecule has 1 aromatic heterocycles. The van der Waals surface area contributed by atoms with Gasteiger partial charge in [0.15, 0.2) is 0 Å². The van der Waals surface area contributed by atoms with E-state index in [-0.39, 0.29) is 28.5 Å². The number of hydrogen-bond donors (Lipinski definition) is 4. The molecule has 0 radical (unpaired) electrons. The minimum absolute atomic E-state index is 0.0587. The molecule has 0 fully saturated rings. The van der Waals surface area contributed by atoms with Gasteiger partial charge in [0.05, 0.1) is 23.1 Å². The van der Waals surface area contributed by atoms with Crippen molar-refractivity contribution in [2.24, 2.45) is 0 Å². The number of aryl methyl sites for hydroxylation is 1. The maximum absolute atomic E-state index is 13.2. The van der Waals surface area contributed by atoms with Gasteiger partial charge < -0.3 is 20.3 Å². The molecule has 2 aromatic carbocycles. The van der Waals surface area contributed by atoms with Crippen LogP contribution >= 0.6 is 0 Å². The minimum atomic E-state index is -4.02. The molecule has 0 spiro atoms. The molecule has 9 nitrogen and oxygen atoms in total. The quantitative estimate of drug-likeness (QED) is 0.383. The number of fused-ring (bicyclic) bond motifs is 1. The number of carbonyl (C=O) groups excluding carboxylic acids is 1. The van der Waals surface area contributed by atoms with Gasteiger partial charge in [-0.2, -0.15) is 0 Å². The maximum Gasteiger partial charge on any atom is 0.257 e. The number of rotatable bonds is 7. The Kier molecular flexibility index (Phi) is 7.14. The highest BCUT2D eigenvalue weighted by atomic mass is 32.2. The van der Waals surface area contributed by atoms with Crippen LogP contribution in [0.3, 0.4) is 0 Å². The molecule has 3 aromatic rings. The van der Waals surface area contributed by atoms with Crippen LogP contribution in [-0.4, -0.2) is 41.2 Å². The summed E-state index contributed by atoms with van der Waals surface area (Å²) in [6, 6.07) is 13.6. The fraction of sp³-hybridized carbons (Fsp3) is 0.308. The van der Waals surface area contributed by atoms with Crippen molar-refractivity contribution >= 4 is 21.6 Å². The predicted octanol–water partition coefficient (Wildman–Crippen LogP) is 2.94. The molecule has 0 saturated heterocycles. The van der Waals surface area contributed by atoms with E-state index in [1.165, 1.54) is 24.4 Å². The van der Waals surface area contributed by atoms with Crippen molar-refractivity contribution in [3.63, 3.8) is 0 Å². The predicted molar refractivity (Wildman–Crippen MR) is 134 cm³/mol. The minimum Gasteiger partial charge on any atom is -0.469 e. The van der Waals surface area contributed by atoms with Crippen LogP contribution in [0.2, 0.25) is 0 Å². The summed E-state index contributed by atoms with van der Waals surface area (Å²) in [5, 5.41) is 23.1. The second-order valence-corrected chi connectivity index (χ2v) is 10.9. The first-order chi connectivity index (χ1) is 17.0. The van der Waals surface area contributed by atoms with Crippen molar-refractivity contribution < 1.29 is 28.2 Å². The van der Waals surface area contributed by atoms with E-state index < -0.39 is 33.7 Å². The van der Waals surface area contributed by atoms with Gasteiger partial charge in [-0.05, 0) is 61.7 Å². The van der Waals surface area contributed by atoms with Gasteiger partial charge in [-0.3, -0.25) is 4.79 Å². The molecular formula is C26H29N3O6S. The fourth-order valence-corrected chi connectivity index (χ4v) is 5.22. The number of benzene rings is 2. The lowest BCUT2D eigenvalue weighted by Crippen LogP contribution is -2.53. The van der Waals surface area contributed by atoms with Crippen molar-refractivity contribution in [1.82, 2.24) is 9.71 Å². The molecule has 36 heavy (non-hydrogen) atoms. The van der Waals surface area contributed by atoms with Crippen LogP contribution in [-0.2, 0) is 23.1 Å². The van der Waals surface area contributed by atoms with Crippen LogP contribution in [0.15, 0.2) is 65.7 Å². The van der Waals surface area contributed by atoms with Crippen molar-refractivity contribution in [3.8, 4) is 5.88 Å². The zero-order valence-corrected chi connectivity index (χ0v) is 21.0. The summed E-state index contributed by atoms with van der Waals surface area (Å²) in [4.78, 5) is 17.2. The summed E-state index contributed by atoms with van der Waals surface area (Å²) in [7, 11) is -4.02. The van der Waals surface area contributed by atoms with E-state index in [1.807, 2.05) is 6.92 Å². The smallest absolute Gasteiger partial charge is 0.257 e. The number of amides is 1. The number of pyridine rings is 1. The van der Waals surface area contributed by atoms with Crippen LogP contribution in [0.1, 0.15) is 53.9 Å². The van der Waals surface area contributed by atoms with Crippen molar-refractivity contribution in [1.29, 1.82) is 0 Å². The number of sulfonamides is 1. The molecule has 1 aliphatic heterocycles. The molecule has 1 amide bonds. The molecule has 2 heterocycles. The number of aromatic nitrogens is 1. The van der Waals surface area contributed by atoms with E-state index in [2.05, 4.69) is 15.0 Å². The van der Waals surface area contributed by atoms with Crippen LogP contribution in [0.25, 0.3) is 0 Å². The number of hydrogen-bond acceptors (Lipinski definition) is 7. The van der Waals surface area contributed by atoms with Gasteiger partial charge in [-0.25, -0.2) is 18.1 Å². The zero-order chi connectivity index (χ0) is 26.1. The number of aliphatic hydroxyl groups is 2. The number of carbonyl (C=O) groups is 1. The molecule has 2 atom stereocenters. The number of anilines is 1. The lowest BCUT2D eigenvalue weighted by Gasteiger charge is -2.41. The molecule has 0 bridgehead atoms. The summed E-state index contributed by atoms with van der Waals surface area (Å²) in [5.74, 6) is -0.366. The molecule has 190 valence electrons. The molecule has 0 aliphatic carbocycles. The van der Waals surface area contributed by atoms with E-state index in [9.17, 15) is 23.4 Å². The van der Waals surface area contributed by atoms with E-state index in [4.69, 9.17) is 4.74 Å². The first kappa shape index (κ1) is 25.8. The Hall–Kier alpha value is -3.31. The van der Waals surface area contributed by atoms with Crippen molar-refractivity contribution in [2.45, 2.75) is 56.4 Å². The lowest BCUT2D eigenvalue weighted by molar-refractivity contribution is -0.0632. The second-order valence-electron chi connectivity index (χ2n) is 9.18. The van der Waals surface area contributed by atoms with Crippen molar-refractivity contribution in [3.05, 3.63) is 83.0 Å². The summed E-state index contributed by atoms with van der Waals surface area (Å²) >= 11 is 0. The van der Waals surface area contributed by atoms with Crippen LogP contribution < -0.4 is 14.8 Å². The topological polar surface area (TPSA) is 138 Å². The third-order valence-electron chi connectivity index (χ3n) is 6.16. The Bertz CT molecular complexity index is 1370. The van der Waals surface area contributed by atoms with E-state index in [0.717, 1.165) is 12.0 Å².